The molecular formula is C51H60ClF3N8O6S. The zero-order valence-corrected chi connectivity index (χ0v) is 42.6. The highest BCUT2D eigenvalue weighted by Crippen LogP contribution is 2.35. The van der Waals surface area contributed by atoms with Gasteiger partial charge >= 0.3 is 0 Å². The van der Waals surface area contributed by atoms with E-state index in [0.29, 0.717) is 46.0 Å². The average molecular weight is 1010 g/mol. The highest BCUT2D eigenvalue weighted by molar-refractivity contribution is 7.89. The fourth-order valence-corrected chi connectivity index (χ4v) is 10.7. The molecule has 2 saturated heterocycles. The second-order valence-electron chi connectivity index (χ2n) is 19.5. The van der Waals surface area contributed by atoms with Crippen molar-refractivity contribution in [2.45, 2.75) is 90.3 Å². The Morgan fingerprint density at radius 1 is 0.714 bits per heavy atom. The van der Waals surface area contributed by atoms with Crippen molar-refractivity contribution in [3.05, 3.63) is 119 Å². The minimum Gasteiger partial charge on any atom is -1.00 e. The van der Waals surface area contributed by atoms with Crippen LogP contribution >= 0.6 is 0 Å². The number of aromatic nitrogens is 4. The molecule has 14 nitrogen and oxygen atoms in total. The van der Waals surface area contributed by atoms with Crippen molar-refractivity contribution in [2.75, 3.05) is 39.3 Å². The maximum Gasteiger partial charge on any atom is 0.290 e. The van der Waals surface area contributed by atoms with Crippen molar-refractivity contribution in [3.63, 3.8) is 0 Å². The van der Waals surface area contributed by atoms with Crippen LogP contribution in [0.1, 0.15) is 105 Å². The van der Waals surface area contributed by atoms with E-state index >= 15 is 0 Å². The van der Waals surface area contributed by atoms with Crippen LogP contribution in [0.15, 0.2) is 92.9 Å². The summed E-state index contributed by atoms with van der Waals surface area (Å²) in [4.78, 5) is 44.0. The number of carbonyl (C=O) groups excluding carboxylic acids is 2. The number of nitrogens with zero attached hydrogens (tertiary/aromatic N) is 7. The molecule has 19 heteroatoms. The monoisotopic (exact) mass is 1000 g/mol. The SMILES string of the molecule is CC(C)c1cc(-c2ccc(F)cc2)nc2cc(C(=O)N3CC[NH2+]CC3(C)C)oc12.Cc1ncc(S(=O)(=O)N2CCN(C(=O)c3cc4nc(-c5ccc(F)cc5)cc(C(C)C)c4o3)C(C)(C)C2)n1C.F.[Cl-]. The Morgan fingerprint density at radius 3 is 1.57 bits per heavy atom. The van der Waals surface area contributed by atoms with Crippen LogP contribution in [-0.2, 0) is 17.1 Å². The minimum absolute atomic E-state index is 0. The molecule has 2 aliphatic heterocycles. The Morgan fingerprint density at radius 2 is 1.17 bits per heavy atom. The van der Waals surface area contributed by atoms with E-state index in [-0.39, 0.29) is 88.4 Å². The van der Waals surface area contributed by atoms with Crippen LogP contribution in [0.3, 0.4) is 0 Å². The van der Waals surface area contributed by atoms with Crippen LogP contribution in [0.4, 0.5) is 13.5 Å². The number of benzene rings is 2. The summed E-state index contributed by atoms with van der Waals surface area (Å²) in [6.07, 6.45) is 1.36. The largest absolute Gasteiger partial charge is 1.00 e. The number of fused-ring (bicyclic) bond motifs is 2. The third kappa shape index (κ3) is 10.4. The van der Waals surface area contributed by atoms with Crippen LogP contribution in [0.25, 0.3) is 44.7 Å². The highest BCUT2D eigenvalue weighted by Gasteiger charge is 2.43. The van der Waals surface area contributed by atoms with Gasteiger partial charge in [0.15, 0.2) is 27.7 Å². The first-order valence-electron chi connectivity index (χ1n) is 22.9. The van der Waals surface area contributed by atoms with Gasteiger partial charge < -0.3 is 40.9 Å². The number of sulfonamides is 1. The molecule has 374 valence electrons. The predicted molar refractivity (Wildman–Crippen MR) is 258 cm³/mol. The number of pyridine rings is 2. The van der Waals surface area contributed by atoms with E-state index in [4.69, 9.17) is 18.8 Å². The van der Waals surface area contributed by atoms with E-state index in [9.17, 15) is 26.8 Å². The normalized spacial score (nSPS) is 16.0. The van der Waals surface area contributed by atoms with Gasteiger partial charge in [0, 0.05) is 61.1 Å². The van der Waals surface area contributed by atoms with Gasteiger partial charge in [0.2, 0.25) is 0 Å². The summed E-state index contributed by atoms with van der Waals surface area (Å²) >= 11 is 0. The maximum atomic E-state index is 13.7. The lowest BCUT2D eigenvalue weighted by Crippen LogP contribution is -3.00. The molecule has 0 bridgehead atoms. The van der Waals surface area contributed by atoms with E-state index in [1.807, 2.05) is 44.7 Å². The second kappa shape index (κ2) is 20.3. The lowest BCUT2D eigenvalue weighted by Gasteiger charge is -2.46. The summed E-state index contributed by atoms with van der Waals surface area (Å²) < 4.78 is 68.6. The van der Waals surface area contributed by atoms with Crippen molar-refractivity contribution in [3.8, 4) is 22.5 Å². The van der Waals surface area contributed by atoms with Crippen molar-refractivity contribution in [1.29, 1.82) is 0 Å². The molecule has 2 aromatic carbocycles. The number of nitrogens with two attached hydrogens (primary N) is 1. The first-order valence-corrected chi connectivity index (χ1v) is 24.3. The Hall–Kier alpha value is -6.08. The van der Waals surface area contributed by atoms with Gasteiger partial charge in [-0.15, -0.1) is 0 Å². The number of halogens is 4. The van der Waals surface area contributed by atoms with Gasteiger partial charge in [-0.2, -0.15) is 4.31 Å². The number of aryl methyl sites for hydroxylation is 1. The van der Waals surface area contributed by atoms with Gasteiger partial charge in [-0.05, 0) is 107 Å². The summed E-state index contributed by atoms with van der Waals surface area (Å²) in [5, 5.41) is 2.35. The van der Waals surface area contributed by atoms with Crippen LogP contribution in [-0.4, -0.2) is 104 Å². The fourth-order valence-electron chi connectivity index (χ4n) is 8.97. The number of quaternary nitrogens is 1. The number of piperazine rings is 2. The summed E-state index contributed by atoms with van der Waals surface area (Å²) in [6.45, 7) is 20.7. The van der Waals surface area contributed by atoms with E-state index in [2.05, 4.69) is 38.0 Å². The molecule has 0 unspecified atom stereocenters. The highest BCUT2D eigenvalue weighted by atomic mass is 35.5. The fraction of sp³-hybridized carbons (Fsp3) is 0.392. The molecule has 7 aromatic rings. The second-order valence-corrected chi connectivity index (χ2v) is 21.4. The smallest absolute Gasteiger partial charge is 0.290 e. The lowest BCUT2D eigenvalue weighted by molar-refractivity contribution is -0.673. The summed E-state index contributed by atoms with van der Waals surface area (Å²) in [6, 6.07) is 19.6. The molecule has 0 radical (unpaired) electrons. The molecule has 0 spiro atoms. The first kappa shape index (κ1) is 53.3. The molecule has 2 fully saturated rings. The number of carbonyl (C=O) groups is 2. The Labute approximate surface area is 412 Å². The molecule has 9 rings (SSSR count). The van der Waals surface area contributed by atoms with Gasteiger partial charge in [0.05, 0.1) is 48.3 Å². The number of hydrogen-bond acceptors (Lipinski definition) is 9. The quantitative estimate of drug-likeness (QED) is 0.209. The molecule has 2 aliphatic rings. The minimum atomic E-state index is -3.79. The Balaban J connectivity index is 0.000000232. The number of amides is 2. The van der Waals surface area contributed by atoms with E-state index < -0.39 is 15.6 Å². The van der Waals surface area contributed by atoms with Crippen LogP contribution in [0, 0.1) is 18.6 Å². The van der Waals surface area contributed by atoms with Gasteiger partial charge in [-0.1, -0.05) is 27.7 Å². The maximum absolute atomic E-state index is 13.7. The van der Waals surface area contributed by atoms with Crippen molar-refractivity contribution in [2.24, 2.45) is 7.05 Å². The Kier molecular flexibility index (Phi) is 15.5. The summed E-state index contributed by atoms with van der Waals surface area (Å²) in [7, 11) is -2.12. The van der Waals surface area contributed by atoms with Gasteiger partial charge in [-0.25, -0.2) is 32.2 Å². The van der Waals surface area contributed by atoms with E-state index in [1.54, 1.807) is 59.8 Å². The third-order valence-corrected chi connectivity index (χ3v) is 14.9. The summed E-state index contributed by atoms with van der Waals surface area (Å²) in [5.74, 6) is 0.303. The molecule has 2 amide bonds. The number of imidazole rings is 1. The first-order chi connectivity index (χ1) is 32.0. The van der Waals surface area contributed by atoms with E-state index in [1.165, 1.54) is 34.8 Å². The zero-order chi connectivity index (χ0) is 49.0. The molecule has 0 atom stereocenters. The van der Waals surface area contributed by atoms with Gasteiger partial charge in [0.1, 0.15) is 28.5 Å². The average Bonchev–Trinajstić information content (AvgIpc) is 4.02. The molecule has 0 saturated carbocycles. The summed E-state index contributed by atoms with van der Waals surface area (Å²) in [5.41, 5.74) is 6.21. The zero-order valence-electron chi connectivity index (χ0n) is 41.0. The van der Waals surface area contributed by atoms with Crippen molar-refractivity contribution >= 4 is 44.0 Å². The predicted octanol–water partition coefficient (Wildman–Crippen LogP) is 5.44. The van der Waals surface area contributed by atoms with Gasteiger partial charge in [-0.3, -0.25) is 14.3 Å². The molecule has 70 heavy (non-hydrogen) atoms. The molecule has 2 N–H and O–H groups in total. The van der Waals surface area contributed by atoms with Crippen LogP contribution in [0.2, 0.25) is 0 Å². The number of hydrogen-bond donors (Lipinski definition) is 1. The third-order valence-electron chi connectivity index (χ3n) is 13.0. The van der Waals surface area contributed by atoms with Crippen molar-refractivity contribution in [1.82, 2.24) is 33.6 Å². The number of furan rings is 2. The lowest BCUT2D eigenvalue weighted by atomic mass is 9.99. The molecule has 5 aromatic heterocycles. The van der Waals surface area contributed by atoms with Gasteiger partial charge in [0.25, 0.3) is 21.8 Å². The molecule has 0 aliphatic carbocycles. The Bertz CT molecular complexity index is 3150. The van der Waals surface area contributed by atoms with Crippen molar-refractivity contribution < 1.29 is 58.1 Å². The standard InChI is InChI=1S/C28H32FN5O4S.C23H26FN3O2.ClH.FH/c1-17(2)21-13-22(19-7-9-20(29)10-8-19)31-23-14-24(38-26(21)23)27(35)34-12-11-33(16-28(34,4)5)39(36,37)25-15-30-18(3)32(25)6;1-14(2)17-11-18(15-5-7-16(24)8-6-15)26-19-12-20(29-21(17)19)22(28)27-10-9-25-13-23(27,3)4;;/h7-10,13-15,17H,11-12,16H2,1-6H3;5-8,11-12,14,25H,9-10,13H2,1-4H3;2*1H. The van der Waals surface area contributed by atoms with Crippen LogP contribution in [0.5, 0.6) is 0 Å². The topological polar surface area (TPSA) is 164 Å². The molecule has 7 heterocycles. The van der Waals surface area contributed by atoms with E-state index in [0.717, 1.165) is 41.0 Å². The van der Waals surface area contributed by atoms with Crippen LogP contribution < -0.4 is 17.7 Å². The molecular weight excluding hydrogens is 945 g/mol. The number of rotatable bonds is 8.